The van der Waals surface area contributed by atoms with Crippen LogP contribution in [0, 0.1) is 0 Å². The van der Waals surface area contributed by atoms with Crippen molar-refractivity contribution in [1.29, 1.82) is 0 Å². The first-order chi connectivity index (χ1) is 6.27. The van der Waals surface area contributed by atoms with E-state index in [1.165, 1.54) is 17.5 Å². The Morgan fingerprint density at radius 1 is 1.31 bits per heavy atom. The summed E-state index contributed by atoms with van der Waals surface area (Å²) in [5.74, 6) is 0. The number of benzene rings is 1. The molecular weight excluding hydrogens is 292 g/mol. The van der Waals surface area contributed by atoms with E-state index in [9.17, 15) is 0 Å². The summed E-state index contributed by atoms with van der Waals surface area (Å²) >= 11 is 6.75. The first-order valence-electron chi connectivity index (χ1n) is 4.33. The molecule has 0 aliphatic rings. The van der Waals surface area contributed by atoms with Gasteiger partial charge in [0.25, 0.3) is 0 Å². The maximum absolute atomic E-state index is 3.46. The van der Waals surface area contributed by atoms with E-state index in [1.807, 2.05) is 4.99 Å². The molecule has 2 heteroatoms. The molecule has 13 heavy (non-hydrogen) atoms. The van der Waals surface area contributed by atoms with Crippen molar-refractivity contribution in [3.05, 3.63) is 40.4 Å². The Bertz CT molecular complexity index is 285. The third-order valence-electron chi connectivity index (χ3n) is 1.86. The van der Waals surface area contributed by atoms with Gasteiger partial charge in [0, 0.05) is 4.48 Å². The van der Waals surface area contributed by atoms with Crippen LogP contribution in [0.5, 0.6) is 0 Å². The molecule has 0 amide bonds. The average molecular weight is 304 g/mol. The number of hydrogen-bond acceptors (Lipinski definition) is 0. The Balaban J connectivity index is 2.81. The summed E-state index contributed by atoms with van der Waals surface area (Å²) in [5, 5.41) is 0. The fraction of sp³-hybridized carbons (Fsp3) is 0.273. The lowest BCUT2D eigenvalue weighted by Crippen LogP contribution is -1.83. The molecule has 0 aromatic heterocycles. The van der Waals surface area contributed by atoms with Gasteiger partial charge in [-0.2, -0.15) is 0 Å². The molecule has 0 radical (unpaired) electrons. The lowest BCUT2D eigenvalue weighted by Gasteiger charge is -2.01. The van der Waals surface area contributed by atoms with Crippen molar-refractivity contribution in [2.75, 3.05) is 0 Å². The summed E-state index contributed by atoms with van der Waals surface area (Å²) in [7, 11) is 0. The van der Waals surface area contributed by atoms with Crippen molar-refractivity contribution in [2.45, 2.75) is 19.8 Å². The van der Waals surface area contributed by atoms with E-state index in [0.717, 1.165) is 10.9 Å². The van der Waals surface area contributed by atoms with Crippen LogP contribution in [0.3, 0.4) is 0 Å². The molecule has 0 saturated heterocycles. The average Bonchev–Trinajstić information content (AvgIpc) is 2.18. The molecule has 70 valence electrons. The van der Waals surface area contributed by atoms with Crippen molar-refractivity contribution in [2.24, 2.45) is 0 Å². The Labute approximate surface area is 96.3 Å². The van der Waals surface area contributed by atoms with E-state index in [-0.39, 0.29) is 0 Å². The van der Waals surface area contributed by atoms with E-state index in [2.05, 4.69) is 63.0 Å². The molecule has 0 nitrogen and oxygen atoms in total. The van der Waals surface area contributed by atoms with Crippen molar-refractivity contribution in [3.8, 4) is 0 Å². The molecule has 0 heterocycles. The molecule has 0 unspecified atom stereocenters. The van der Waals surface area contributed by atoms with Crippen molar-refractivity contribution in [1.82, 2.24) is 0 Å². The van der Waals surface area contributed by atoms with E-state index in [4.69, 9.17) is 0 Å². The minimum Gasteiger partial charge on any atom is -0.0651 e. The molecule has 1 aromatic carbocycles. The van der Waals surface area contributed by atoms with Crippen molar-refractivity contribution in [3.63, 3.8) is 0 Å². The van der Waals surface area contributed by atoms with Gasteiger partial charge in [-0.05, 0) is 38.5 Å². The molecule has 0 spiro atoms. The second kappa shape index (κ2) is 5.61. The van der Waals surface area contributed by atoms with Crippen LogP contribution >= 0.6 is 31.9 Å². The highest BCUT2D eigenvalue weighted by Gasteiger charge is 1.96. The second-order valence-corrected chi connectivity index (χ2v) is 4.22. The first kappa shape index (κ1) is 11.0. The van der Waals surface area contributed by atoms with Crippen molar-refractivity contribution < 1.29 is 0 Å². The monoisotopic (exact) mass is 302 g/mol. The van der Waals surface area contributed by atoms with Crippen LogP contribution in [0.2, 0.25) is 0 Å². The van der Waals surface area contributed by atoms with Gasteiger partial charge >= 0.3 is 0 Å². The van der Waals surface area contributed by atoms with Gasteiger partial charge < -0.3 is 0 Å². The Hall–Kier alpha value is -0.0800. The zero-order valence-electron chi connectivity index (χ0n) is 7.56. The van der Waals surface area contributed by atoms with E-state index in [1.54, 1.807) is 0 Å². The quantitative estimate of drug-likeness (QED) is 0.757. The van der Waals surface area contributed by atoms with Gasteiger partial charge in [0.15, 0.2) is 0 Å². The Kier molecular flexibility index (Phi) is 4.74. The topological polar surface area (TPSA) is 0 Å². The van der Waals surface area contributed by atoms with Crippen LogP contribution in [0.25, 0.3) is 4.48 Å². The lowest BCUT2D eigenvalue weighted by atomic mass is 10.1. The second-order valence-electron chi connectivity index (χ2n) is 2.90. The summed E-state index contributed by atoms with van der Waals surface area (Å²) in [4.78, 5) is 1.88. The summed E-state index contributed by atoms with van der Waals surface area (Å²) in [6, 6.07) is 8.62. The van der Waals surface area contributed by atoms with Gasteiger partial charge in [0.2, 0.25) is 0 Å². The fourth-order valence-electron chi connectivity index (χ4n) is 1.18. The van der Waals surface area contributed by atoms with Gasteiger partial charge in [0.05, 0.1) is 0 Å². The highest BCUT2D eigenvalue weighted by molar-refractivity contribution is 9.16. The highest BCUT2D eigenvalue weighted by Crippen LogP contribution is 2.22. The van der Waals surface area contributed by atoms with Gasteiger partial charge in [-0.3, -0.25) is 0 Å². The van der Waals surface area contributed by atoms with Gasteiger partial charge in [-0.1, -0.05) is 53.5 Å². The predicted octanol–water partition coefficient (Wildman–Crippen LogP) is 4.73. The van der Waals surface area contributed by atoms with E-state index in [0.29, 0.717) is 0 Å². The molecule has 0 aliphatic heterocycles. The maximum atomic E-state index is 3.46. The van der Waals surface area contributed by atoms with Crippen molar-refractivity contribution >= 4 is 36.3 Å². The predicted molar refractivity (Wildman–Crippen MR) is 66.3 cm³/mol. The molecule has 0 atom stereocenters. The summed E-state index contributed by atoms with van der Waals surface area (Å²) < 4.78 is 1.08. The van der Waals surface area contributed by atoms with E-state index < -0.39 is 0 Å². The minimum absolute atomic E-state index is 1.08. The van der Waals surface area contributed by atoms with Gasteiger partial charge in [0.1, 0.15) is 0 Å². The van der Waals surface area contributed by atoms with Crippen LogP contribution in [0.1, 0.15) is 24.5 Å². The van der Waals surface area contributed by atoms with Crippen LogP contribution in [0.15, 0.2) is 29.3 Å². The third-order valence-corrected chi connectivity index (χ3v) is 3.62. The van der Waals surface area contributed by atoms with Crippen LogP contribution in [-0.4, -0.2) is 0 Å². The number of halogens is 2. The van der Waals surface area contributed by atoms with Gasteiger partial charge in [-0.25, -0.2) is 0 Å². The van der Waals surface area contributed by atoms with E-state index >= 15 is 0 Å². The zero-order valence-corrected chi connectivity index (χ0v) is 10.7. The SMILES string of the molecule is CCCc1ccc(/C(Br)=C/Br)cc1. The largest absolute Gasteiger partial charge is 0.0651 e. The van der Waals surface area contributed by atoms with Crippen LogP contribution in [-0.2, 0) is 6.42 Å². The Morgan fingerprint density at radius 3 is 2.38 bits per heavy atom. The number of hydrogen-bond donors (Lipinski definition) is 0. The van der Waals surface area contributed by atoms with Crippen LogP contribution in [0.4, 0.5) is 0 Å². The first-order valence-corrected chi connectivity index (χ1v) is 6.04. The molecular formula is C11H12Br2. The molecule has 0 saturated carbocycles. The molecule has 0 aliphatic carbocycles. The summed E-state index contributed by atoms with van der Waals surface area (Å²) in [6.07, 6.45) is 2.37. The van der Waals surface area contributed by atoms with Gasteiger partial charge in [-0.15, -0.1) is 0 Å². The molecule has 0 fully saturated rings. The normalized spacial score (nSPS) is 11.8. The lowest BCUT2D eigenvalue weighted by molar-refractivity contribution is 0.922. The maximum Gasteiger partial charge on any atom is 0.0316 e. The standard InChI is InChI=1S/C11H12Br2/c1-2-3-9-4-6-10(7-5-9)11(13)8-12/h4-8H,2-3H2,1H3/b11-8-. The Morgan fingerprint density at radius 2 is 1.92 bits per heavy atom. The number of aryl methyl sites for hydroxylation is 1. The molecule has 1 rings (SSSR count). The summed E-state index contributed by atoms with van der Waals surface area (Å²) in [6.45, 7) is 2.20. The zero-order chi connectivity index (χ0) is 9.68. The smallest absolute Gasteiger partial charge is 0.0316 e. The minimum atomic E-state index is 1.08. The third kappa shape index (κ3) is 3.28. The molecule has 1 aromatic rings. The molecule has 0 N–H and O–H groups in total. The summed E-state index contributed by atoms with van der Waals surface area (Å²) in [5.41, 5.74) is 2.61. The molecule has 0 bridgehead atoms. The van der Waals surface area contributed by atoms with Crippen LogP contribution < -0.4 is 0 Å². The number of rotatable bonds is 3. The fourth-order valence-corrected chi connectivity index (χ4v) is 1.71. The highest BCUT2D eigenvalue weighted by atomic mass is 79.9.